The average molecular weight is 296 g/mol. The lowest BCUT2D eigenvalue weighted by molar-refractivity contribution is 0.0989. The second-order valence-electron chi connectivity index (χ2n) is 4.90. The summed E-state index contributed by atoms with van der Waals surface area (Å²) in [5, 5.41) is 5.05. The fourth-order valence-electron chi connectivity index (χ4n) is 2.39. The number of Topliss-reactive ketones (excluding diaryl/α,β-unsaturated/α-hetero) is 1. The van der Waals surface area contributed by atoms with Crippen molar-refractivity contribution in [2.45, 2.75) is 12.8 Å². The molecule has 2 aromatic carbocycles. The summed E-state index contributed by atoms with van der Waals surface area (Å²) in [5.41, 5.74) is 7.11. The van der Waals surface area contributed by atoms with Gasteiger partial charge in [0.1, 0.15) is 5.69 Å². The van der Waals surface area contributed by atoms with Gasteiger partial charge in [0.05, 0.1) is 5.01 Å². The first kappa shape index (κ1) is 13.9. The van der Waals surface area contributed by atoms with E-state index in [-0.39, 0.29) is 5.78 Å². The van der Waals surface area contributed by atoms with Gasteiger partial charge in [-0.3, -0.25) is 4.79 Å². The van der Waals surface area contributed by atoms with Crippen LogP contribution in [0.5, 0.6) is 0 Å². The van der Waals surface area contributed by atoms with Crippen LogP contribution >= 0.6 is 11.3 Å². The minimum absolute atomic E-state index is 0.0610. The van der Waals surface area contributed by atoms with Gasteiger partial charge in [0.15, 0.2) is 5.78 Å². The number of ketones is 1. The Morgan fingerprint density at radius 1 is 1.14 bits per heavy atom. The second kappa shape index (κ2) is 6.16. The quantitative estimate of drug-likeness (QED) is 0.735. The Morgan fingerprint density at radius 2 is 1.95 bits per heavy atom. The van der Waals surface area contributed by atoms with Crippen molar-refractivity contribution in [2.24, 2.45) is 5.73 Å². The highest BCUT2D eigenvalue weighted by Gasteiger charge is 2.12. The van der Waals surface area contributed by atoms with E-state index in [2.05, 4.69) is 23.2 Å². The molecule has 0 aliphatic carbocycles. The lowest BCUT2D eigenvalue weighted by atomic mass is 10.00. The highest BCUT2D eigenvalue weighted by molar-refractivity contribution is 7.09. The zero-order chi connectivity index (χ0) is 14.7. The van der Waals surface area contributed by atoms with E-state index < -0.39 is 0 Å². The molecule has 0 fully saturated rings. The van der Waals surface area contributed by atoms with Crippen molar-refractivity contribution in [2.75, 3.05) is 6.54 Å². The van der Waals surface area contributed by atoms with E-state index in [9.17, 15) is 4.79 Å². The lowest BCUT2D eigenvalue weighted by Crippen LogP contribution is -2.06. The number of nitrogens with zero attached hydrogens (tertiary/aromatic N) is 1. The number of fused-ring (bicyclic) bond motifs is 1. The van der Waals surface area contributed by atoms with Gasteiger partial charge in [-0.25, -0.2) is 4.98 Å². The molecule has 0 saturated heterocycles. The lowest BCUT2D eigenvalue weighted by Gasteiger charge is -2.04. The van der Waals surface area contributed by atoms with Gasteiger partial charge in [0.25, 0.3) is 0 Å². The molecule has 1 heterocycles. The molecule has 0 unspecified atom stereocenters. The minimum atomic E-state index is 0.0610. The first-order valence-electron chi connectivity index (χ1n) is 6.92. The number of carbonyl (C=O) groups is 1. The standard InChI is InChI=1S/C17H16N2OS/c18-9-8-17-19-15(11-21-17)16(20)10-13-6-3-5-12-4-1-2-7-14(12)13/h1-7,11H,8-10,18H2. The van der Waals surface area contributed by atoms with E-state index in [1.165, 1.54) is 11.3 Å². The molecule has 21 heavy (non-hydrogen) atoms. The third-order valence-corrected chi connectivity index (χ3v) is 4.34. The van der Waals surface area contributed by atoms with Crippen molar-refractivity contribution >= 4 is 27.9 Å². The summed E-state index contributed by atoms with van der Waals surface area (Å²) in [6.07, 6.45) is 1.11. The van der Waals surface area contributed by atoms with Gasteiger partial charge >= 0.3 is 0 Å². The summed E-state index contributed by atoms with van der Waals surface area (Å²) in [4.78, 5) is 16.8. The maximum Gasteiger partial charge on any atom is 0.186 e. The number of rotatable bonds is 5. The van der Waals surface area contributed by atoms with Crippen LogP contribution in [0.4, 0.5) is 0 Å². The topological polar surface area (TPSA) is 56.0 Å². The number of carbonyl (C=O) groups excluding carboxylic acids is 1. The van der Waals surface area contributed by atoms with Crippen LogP contribution in [0.15, 0.2) is 47.8 Å². The second-order valence-corrected chi connectivity index (χ2v) is 5.85. The summed E-state index contributed by atoms with van der Waals surface area (Å²) in [7, 11) is 0. The molecular formula is C17H16N2OS. The monoisotopic (exact) mass is 296 g/mol. The molecule has 3 rings (SSSR count). The Kier molecular flexibility index (Phi) is 4.08. The van der Waals surface area contributed by atoms with Gasteiger partial charge in [-0.05, 0) is 22.9 Å². The van der Waals surface area contributed by atoms with Crippen molar-refractivity contribution in [1.29, 1.82) is 0 Å². The third kappa shape index (κ3) is 3.01. The molecule has 0 radical (unpaired) electrons. The maximum absolute atomic E-state index is 12.4. The molecule has 4 heteroatoms. The molecule has 3 aromatic rings. The van der Waals surface area contributed by atoms with Crippen LogP contribution in [-0.2, 0) is 12.8 Å². The first-order valence-corrected chi connectivity index (χ1v) is 7.80. The zero-order valence-electron chi connectivity index (χ0n) is 11.6. The summed E-state index contributed by atoms with van der Waals surface area (Å²) in [6.45, 7) is 0.560. The molecule has 0 bridgehead atoms. The van der Waals surface area contributed by atoms with Crippen molar-refractivity contribution < 1.29 is 4.79 Å². The molecule has 0 spiro atoms. The minimum Gasteiger partial charge on any atom is -0.330 e. The highest BCUT2D eigenvalue weighted by atomic mass is 32.1. The predicted octanol–water partition coefficient (Wildman–Crippen LogP) is 3.22. The predicted molar refractivity (Wildman–Crippen MR) is 86.9 cm³/mol. The molecule has 106 valence electrons. The molecule has 0 saturated carbocycles. The normalized spacial score (nSPS) is 10.9. The summed E-state index contributed by atoms with van der Waals surface area (Å²) in [5.74, 6) is 0.0610. The number of nitrogens with two attached hydrogens (primary N) is 1. The summed E-state index contributed by atoms with van der Waals surface area (Å²) < 4.78 is 0. The fraction of sp³-hybridized carbons (Fsp3) is 0.176. The van der Waals surface area contributed by atoms with Crippen molar-refractivity contribution in [3.05, 3.63) is 64.1 Å². The van der Waals surface area contributed by atoms with Gasteiger partial charge in [-0.1, -0.05) is 42.5 Å². The number of thiazole rings is 1. The van der Waals surface area contributed by atoms with Crippen LogP contribution in [0.2, 0.25) is 0 Å². The van der Waals surface area contributed by atoms with E-state index in [4.69, 9.17) is 5.73 Å². The Labute approximate surface area is 127 Å². The Morgan fingerprint density at radius 3 is 2.81 bits per heavy atom. The van der Waals surface area contributed by atoms with Crippen LogP contribution in [0.1, 0.15) is 21.1 Å². The highest BCUT2D eigenvalue weighted by Crippen LogP contribution is 2.20. The molecule has 2 N–H and O–H groups in total. The number of aromatic nitrogens is 1. The van der Waals surface area contributed by atoms with E-state index in [0.717, 1.165) is 27.8 Å². The molecule has 0 amide bonds. The van der Waals surface area contributed by atoms with Crippen LogP contribution in [-0.4, -0.2) is 17.3 Å². The summed E-state index contributed by atoms with van der Waals surface area (Å²) >= 11 is 1.50. The van der Waals surface area contributed by atoms with Crippen molar-refractivity contribution in [3.8, 4) is 0 Å². The molecular weight excluding hydrogens is 280 g/mol. The Hall–Kier alpha value is -2.04. The number of benzene rings is 2. The van der Waals surface area contributed by atoms with Gasteiger partial charge in [-0.15, -0.1) is 11.3 Å². The largest absolute Gasteiger partial charge is 0.330 e. The van der Waals surface area contributed by atoms with E-state index in [1.807, 2.05) is 29.6 Å². The van der Waals surface area contributed by atoms with E-state index in [0.29, 0.717) is 18.7 Å². The van der Waals surface area contributed by atoms with Crippen LogP contribution in [0.3, 0.4) is 0 Å². The number of hydrogen-bond acceptors (Lipinski definition) is 4. The Bertz CT molecular complexity index is 774. The SMILES string of the molecule is NCCc1nc(C(=O)Cc2cccc3ccccc23)cs1. The van der Waals surface area contributed by atoms with E-state index >= 15 is 0 Å². The van der Waals surface area contributed by atoms with Crippen LogP contribution < -0.4 is 5.73 Å². The average Bonchev–Trinajstić information content (AvgIpc) is 2.97. The van der Waals surface area contributed by atoms with E-state index in [1.54, 1.807) is 0 Å². The number of hydrogen-bond donors (Lipinski definition) is 1. The van der Waals surface area contributed by atoms with Crippen LogP contribution in [0.25, 0.3) is 10.8 Å². The molecule has 3 nitrogen and oxygen atoms in total. The maximum atomic E-state index is 12.4. The molecule has 0 aliphatic heterocycles. The van der Waals surface area contributed by atoms with Gasteiger partial charge in [0.2, 0.25) is 0 Å². The molecule has 0 aliphatic rings. The third-order valence-electron chi connectivity index (χ3n) is 3.43. The molecule has 0 atom stereocenters. The van der Waals surface area contributed by atoms with Crippen molar-refractivity contribution in [3.63, 3.8) is 0 Å². The summed E-state index contributed by atoms with van der Waals surface area (Å²) in [6, 6.07) is 14.2. The Balaban J connectivity index is 1.85. The first-order chi connectivity index (χ1) is 10.3. The molecule has 1 aromatic heterocycles. The smallest absolute Gasteiger partial charge is 0.186 e. The fourth-order valence-corrected chi connectivity index (χ4v) is 3.21. The van der Waals surface area contributed by atoms with Gasteiger partial charge < -0.3 is 5.73 Å². The van der Waals surface area contributed by atoms with Crippen molar-refractivity contribution in [1.82, 2.24) is 4.98 Å². The van der Waals surface area contributed by atoms with Crippen LogP contribution in [0, 0.1) is 0 Å². The zero-order valence-corrected chi connectivity index (χ0v) is 12.4. The van der Waals surface area contributed by atoms with Gasteiger partial charge in [-0.2, -0.15) is 0 Å². The van der Waals surface area contributed by atoms with Gasteiger partial charge in [0, 0.05) is 18.2 Å².